The average molecular weight is 384 g/mol. The van der Waals surface area contributed by atoms with Crippen molar-refractivity contribution in [1.82, 2.24) is 14.9 Å². The van der Waals surface area contributed by atoms with Crippen LogP contribution in [0.2, 0.25) is 0 Å². The molecule has 2 N–H and O–H groups in total. The smallest absolute Gasteiger partial charge is 0.251 e. The standard InChI is InChI=1S/C19H20N4O3S/c1-14(15-6-8-18(9-7-15)23-11-10-20-13-23)21-19(24)16-4-3-5-17(12-16)22-27(2,25)26/h3-14,22H,1-2H3,(H,21,24). The second kappa shape index (κ2) is 7.63. The van der Waals surface area contributed by atoms with Crippen molar-refractivity contribution in [2.45, 2.75) is 13.0 Å². The maximum absolute atomic E-state index is 12.5. The molecule has 0 radical (unpaired) electrons. The van der Waals surface area contributed by atoms with E-state index < -0.39 is 10.0 Å². The Labute approximate surface area is 158 Å². The molecule has 0 saturated carbocycles. The first-order chi connectivity index (χ1) is 12.8. The minimum absolute atomic E-state index is 0.208. The predicted octanol–water partition coefficient (Wildman–Crippen LogP) is 2.73. The van der Waals surface area contributed by atoms with Gasteiger partial charge in [0.1, 0.15) is 0 Å². The molecule has 3 rings (SSSR count). The number of hydrogen-bond acceptors (Lipinski definition) is 4. The summed E-state index contributed by atoms with van der Waals surface area (Å²) >= 11 is 0. The number of nitrogens with one attached hydrogen (secondary N) is 2. The summed E-state index contributed by atoms with van der Waals surface area (Å²) in [7, 11) is -3.40. The molecule has 27 heavy (non-hydrogen) atoms. The minimum Gasteiger partial charge on any atom is -0.346 e. The van der Waals surface area contributed by atoms with E-state index in [1.807, 2.05) is 42.0 Å². The van der Waals surface area contributed by atoms with E-state index in [0.29, 0.717) is 11.3 Å². The lowest BCUT2D eigenvalue weighted by atomic mass is 10.1. The van der Waals surface area contributed by atoms with E-state index in [1.54, 1.807) is 30.7 Å². The molecule has 0 aliphatic rings. The average Bonchev–Trinajstić information content (AvgIpc) is 3.15. The van der Waals surface area contributed by atoms with Crippen LogP contribution in [0.4, 0.5) is 5.69 Å². The normalized spacial score (nSPS) is 12.4. The molecular formula is C19H20N4O3S. The second-order valence-electron chi connectivity index (χ2n) is 6.21. The first kappa shape index (κ1) is 18.7. The van der Waals surface area contributed by atoms with Crippen LogP contribution in [0.25, 0.3) is 5.69 Å². The van der Waals surface area contributed by atoms with E-state index in [0.717, 1.165) is 17.5 Å². The highest BCUT2D eigenvalue weighted by molar-refractivity contribution is 7.92. The molecule has 2 aromatic carbocycles. The van der Waals surface area contributed by atoms with Crippen LogP contribution in [0.5, 0.6) is 0 Å². The van der Waals surface area contributed by atoms with Gasteiger partial charge in [0, 0.05) is 29.3 Å². The number of benzene rings is 2. The van der Waals surface area contributed by atoms with Crippen molar-refractivity contribution < 1.29 is 13.2 Å². The molecule has 8 heteroatoms. The number of hydrogen-bond donors (Lipinski definition) is 2. The Kier molecular flexibility index (Phi) is 5.27. The van der Waals surface area contributed by atoms with Crippen LogP contribution in [-0.4, -0.2) is 30.1 Å². The zero-order valence-electron chi connectivity index (χ0n) is 15.0. The van der Waals surface area contributed by atoms with Crippen LogP contribution < -0.4 is 10.0 Å². The Hall–Kier alpha value is -3.13. The van der Waals surface area contributed by atoms with Gasteiger partial charge in [-0.25, -0.2) is 13.4 Å². The van der Waals surface area contributed by atoms with Gasteiger partial charge in [-0.3, -0.25) is 9.52 Å². The first-order valence-electron chi connectivity index (χ1n) is 8.29. The van der Waals surface area contributed by atoms with E-state index in [4.69, 9.17) is 0 Å². The number of carbonyl (C=O) groups is 1. The van der Waals surface area contributed by atoms with E-state index in [-0.39, 0.29) is 11.9 Å². The lowest BCUT2D eigenvalue weighted by Crippen LogP contribution is -2.26. The number of anilines is 1. The van der Waals surface area contributed by atoms with Gasteiger partial charge in [-0.2, -0.15) is 0 Å². The van der Waals surface area contributed by atoms with E-state index in [9.17, 15) is 13.2 Å². The van der Waals surface area contributed by atoms with Crippen LogP contribution in [0.1, 0.15) is 28.9 Å². The fourth-order valence-electron chi connectivity index (χ4n) is 2.65. The molecule has 1 amide bonds. The van der Waals surface area contributed by atoms with Crippen molar-refractivity contribution in [3.8, 4) is 5.69 Å². The highest BCUT2D eigenvalue weighted by Gasteiger charge is 2.13. The summed E-state index contributed by atoms with van der Waals surface area (Å²) in [6.45, 7) is 1.89. The summed E-state index contributed by atoms with van der Waals surface area (Å²) in [5.74, 6) is -0.279. The summed E-state index contributed by atoms with van der Waals surface area (Å²) in [5.41, 5.74) is 2.67. The molecule has 0 fully saturated rings. The van der Waals surface area contributed by atoms with Gasteiger partial charge < -0.3 is 9.88 Å². The van der Waals surface area contributed by atoms with Crippen molar-refractivity contribution in [2.24, 2.45) is 0 Å². The van der Waals surface area contributed by atoms with Crippen molar-refractivity contribution >= 4 is 21.6 Å². The van der Waals surface area contributed by atoms with Crippen LogP contribution >= 0.6 is 0 Å². The number of amides is 1. The zero-order chi connectivity index (χ0) is 19.4. The molecule has 1 atom stereocenters. The van der Waals surface area contributed by atoms with Crippen molar-refractivity contribution in [3.63, 3.8) is 0 Å². The number of sulfonamides is 1. The summed E-state index contributed by atoms with van der Waals surface area (Å²) < 4.78 is 26.9. The second-order valence-corrected chi connectivity index (χ2v) is 7.96. The van der Waals surface area contributed by atoms with Crippen molar-refractivity contribution in [3.05, 3.63) is 78.4 Å². The third kappa shape index (κ3) is 4.95. The molecule has 1 unspecified atom stereocenters. The summed E-state index contributed by atoms with van der Waals surface area (Å²) in [6, 6.07) is 14.0. The lowest BCUT2D eigenvalue weighted by molar-refractivity contribution is 0.0940. The molecule has 7 nitrogen and oxygen atoms in total. The number of nitrogens with zero attached hydrogens (tertiary/aromatic N) is 2. The third-order valence-electron chi connectivity index (χ3n) is 3.97. The minimum atomic E-state index is -3.40. The SMILES string of the molecule is CC(NC(=O)c1cccc(NS(C)(=O)=O)c1)c1ccc(-n2ccnc2)cc1. The molecule has 0 saturated heterocycles. The van der Waals surface area contributed by atoms with Gasteiger partial charge in [-0.1, -0.05) is 18.2 Å². The Bertz CT molecular complexity index is 1030. The lowest BCUT2D eigenvalue weighted by Gasteiger charge is -2.15. The summed E-state index contributed by atoms with van der Waals surface area (Å²) in [5, 5.41) is 2.92. The van der Waals surface area contributed by atoms with Gasteiger partial charge in [0.2, 0.25) is 10.0 Å². The van der Waals surface area contributed by atoms with Gasteiger partial charge in [0.15, 0.2) is 0 Å². The summed E-state index contributed by atoms with van der Waals surface area (Å²) in [4.78, 5) is 16.5. The monoisotopic (exact) mass is 384 g/mol. The number of rotatable bonds is 6. The van der Waals surface area contributed by atoms with Gasteiger partial charge in [0.05, 0.1) is 18.6 Å². The maximum atomic E-state index is 12.5. The van der Waals surface area contributed by atoms with Crippen LogP contribution in [0, 0.1) is 0 Å². The Morgan fingerprint density at radius 3 is 2.52 bits per heavy atom. The molecule has 1 aromatic heterocycles. The molecule has 3 aromatic rings. The van der Waals surface area contributed by atoms with Gasteiger partial charge in [-0.15, -0.1) is 0 Å². The number of aromatic nitrogens is 2. The van der Waals surface area contributed by atoms with Gasteiger partial charge >= 0.3 is 0 Å². The largest absolute Gasteiger partial charge is 0.346 e. The molecule has 0 bridgehead atoms. The van der Waals surface area contributed by atoms with Crippen LogP contribution in [0.15, 0.2) is 67.3 Å². The molecule has 0 aliphatic carbocycles. The number of carbonyl (C=O) groups excluding carboxylic acids is 1. The van der Waals surface area contributed by atoms with Crippen LogP contribution in [-0.2, 0) is 10.0 Å². The first-order valence-corrected chi connectivity index (χ1v) is 10.2. The molecular weight excluding hydrogens is 364 g/mol. The number of imidazole rings is 1. The molecule has 0 aliphatic heterocycles. The molecule has 140 valence electrons. The molecule has 0 spiro atoms. The van der Waals surface area contributed by atoms with Gasteiger partial charge in [0.25, 0.3) is 5.91 Å². The highest BCUT2D eigenvalue weighted by atomic mass is 32.2. The zero-order valence-corrected chi connectivity index (χ0v) is 15.8. The summed E-state index contributed by atoms with van der Waals surface area (Å²) in [6.07, 6.45) is 6.36. The topological polar surface area (TPSA) is 93.1 Å². The van der Waals surface area contributed by atoms with Crippen LogP contribution in [0.3, 0.4) is 0 Å². The highest BCUT2D eigenvalue weighted by Crippen LogP contribution is 2.17. The quantitative estimate of drug-likeness (QED) is 0.683. The predicted molar refractivity (Wildman–Crippen MR) is 104 cm³/mol. The van der Waals surface area contributed by atoms with E-state index >= 15 is 0 Å². The Morgan fingerprint density at radius 1 is 1.15 bits per heavy atom. The van der Waals surface area contributed by atoms with Crippen molar-refractivity contribution in [2.75, 3.05) is 11.0 Å². The molecule has 1 heterocycles. The van der Waals surface area contributed by atoms with E-state index in [1.165, 1.54) is 6.07 Å². The maximum Gasteiger partial charge on any atom is 0.251 e. The van der Waals surface area contributed by atoms with Gasteiger partial charge in [-0.05, 0) is 42.8 Å². The fourth-order valence-corrected chi connectivity index (χ4v) is 3.20. The van der Waals surface area contributed by atoms with E-state index in [2.05, 4.69) is 15.0 Å². The Balaban J connectivity index is 1.69. The fraction of sp³-hybridized carbons (Fsp3) is 0.158. The Morgan fingerprint density at radius 2 is 1.89 bits per heavy atom. The van der Waals surface area contributed by atoms with Crippen molar-refractivity contribution in [1.29, 1.82) is 0 Å². The third-order valence-corrected chi connectivity index (χ3v) is 4.58.